The molecule has 0 spiro atoms. The van der Waals surface area contributed by atoms with E-state index in [1.165, 1.54) is 6.33 Å². The second-order valence-electron chi connectivity index (χ2n) is 4.42. The number of carbonyl (C=O) groups is 1. The zero-order valence-electron chi connectivity index (χ0n) is 11.5. The van der Waals surface area contributed by atoms with E-state index in [2.05, 4.69) is 25.5 Å². The Morgan fingerprint density at radius 1 is 1.45 bits per heavy atom. The molecule has 0 amide bonds. The number of fused-ring (bicyclic) bond motifs is 1. The zero-order chi connectivity index (χ0) is 15.5. The van der Waals surface area contributed by atoms with Gasteiger partial charge in [-0.3, -0.25) is 10.4 Å². The van der Waals surface area contributed by atoms with Crippen molar-refractivity contribution in [3.05, 3.63) is 46.9 Å². The van der Waals surface area contributed by atoms with Crippen molar-refractivity contribution in [1.82, 2.24) is 15.0 Å². The van der Waals surface area contributed by atoms with E-state index >= 15 is 0 Å². The molecule has 2 N–H and O–H groups in total. The van der Waals surface area contributed by atoms with Crippen molar-refractivity contribution in [2.75, 3.05) is 5.43 Å². The van der Waals surface area contributed by atoms with Crippen LogP contribution in [0.2, 0.25) is 0 Å². The number of pyridine rings is 1. The van der Waals surface area contributed by atoms with E-state index in [1.807, 2.05) is 12.1 Å². The molecular weight excluding hydrogens is 302 g/mol. The molecule has 0 aliphatic heterocycles. The minimum atomic E-state index is -0.967. The number of carboxylic acids is 1. The van der Waals surface area contributed by atoms with Crippen LogP contribution in [-0.4, -0.2) is 32.2 Å². The Hall–Kier alpha value is -2.87. The summed E-state index contributed by atoms with van der Waals surface area (Å²) in [5, 5.41) is 13.3. The average Bonchev–Trinajstić information content (AvgIpc) is 2.87. The number of aromatic nitrogens is 3. The van der Waals surface area contributed by atoms with Gasteiger partial charge < -0.3 is 5.11 Å². The maximum atomic E-state index is 11.2. The van der Waals surface area contributed by atoms with Crippen LogP contribution in [-0.2, 0) is 0 Å². The molecule has 0 saturated carbocycles. The summed E-state index contributed by atoms with van der Waals surface area (Å²) in [4.78, 5) is 23.7. The number of anilines is 1. The van der Waals surface area contributed by atoms with Crippen molar-refractivity contribution in [2.45, 2.75) is 6.92 Å². The third-order valence-corrected chi connectivity index (χ3v) is 4.24. The van der Waals surface area contributed by atoms with Gasteiger partial charge in [-0.05, 0) is 13.0 Å². The number of aryl methyl sites for hydroxylation is 1. The van der Waals surface area contributed by atoms with E-state index in [9.17, 15) is 9.90 Å². The molecule has 0 saturated heterocycles. The van der Waals surface area contributed by atoms with Crippen LogP contribution in [0.3, 0.4) is 0 Å². The Balaban J connectivity index is 1.93. The molecule has 3 aromatic rings. The van der Waals surface area contributed by atoms with Crippen molar-refractivity contribution in [3.8, 4) is 0 Å². The standard InChI is InChI=1S/C14H11N5O2S/c1-8-10-12(22-11(8)14(20)21)13(17-7-16-10)19-18-6-9-3-2-4-15-5-9/h2-7H,1H3,(H,20,21)(H,16,17,19). The van der Waals surface area contributed by atoms with Gasteiger partial charge in [0.15, 0.2) is 5.82 Å². The molecule has 22 heavy (non-hydrogen) atoms. The Kier molecular flexibility index (Phi) is 3.75. The molecular formula is C14H11N5O2S. The number of carboxylic acid groups (broad SMARTS) is 1. The predicted octanol–water partition coefficient (Wildman–Crippen LogP) is 2.54. The zero-order valence-corrected chi connectivity index (χ0v) is 12.3. The minimum Gasteiger partial charge on any atom is -0.477 e. The lowest BCUT2D eigenvalue weighted by Crippen LogP contribution is -1.95. The van der Waals surface area contributed by atoms with Crippen LogP contribution in [0.25, 0.3) is 10.2 Å². The third-order valence-electron chi connectivity index (χ3n) is 2.97. The number of rotatable bonds is 4. The Morgan fingerprint density at radius 2 is 2.32 bits per heavy atom. The fraction of sp³-hybridized carbons (Fsp3) is 0.0714. The second kappa shape index (κ2) is 5.86. The number of aromatic carboxylic acids is 1. The highest BCUT2D eigenvalue weighted by Gasteiger charge is 2.17. The van der Waals surface area contributed by atoms with Crippen LogP contribution < -0.4 is 5.43 Å². The Labute approximate surface area is 129 Å². The highest BCUT2D eigenvalue weighted by molar-refractivity contribution is 7.21. The minimum absolute atomic E-state index is 0.259. The van der Waals surface area contributed by atoms with Gasteiger partial charge in [0.05, 0.1) is 16.4 Å². The van der Waals surface area contributed by atoms with Crippen molar-refractivity contribution in [1.29, 1.82) is 0 Å². The maximum absolute atomic E-state index is 11.2. The number of hydrazone groups is 1. The fourth-order valence-electron chi connectivity index (χ4n) is 1.93. The SMILES string of the molecule is Cc1c(C(=O)O)sc2c(NN=Cc3cccnc3)ncnc12. The molecule has 0 aromatic carbocycles. The van der Waals surface area contributed by atoms with Gasteiger partial charge in [-0.1, -0.05) is 6.07 Å². The van der Waals surface area contributed by atoms with Crippen LogP contribution in [0.5, 0.6) is 0 Å². The normalized spacial score (nSPS) is 11.1. The summed E-state index contributed by atoms with van der Waals surface area (Å²) in [6.07, 6.45) is 6.36. The number of nitrogens with zero attached hydrogens (tertiary/aromatic N) is 4. The first-order chi connectivity index (χ1) is 10.7. The largest absolute Gasteiger partial charge is 0.477 e. The maximum Gasteiger partial charge on any atom is 0.346 e. The summed E-state index contributed by atoms with van der Waals surface area (Å²) in [5.74, 6) is -0.490. The van der Waals surface area contributed by atoms with Gasteiger partial charge in [-0.2, -0.15) is 5.10 Å². The van der Waals surface area contributed by atoms with Crippen LogP contribution in [0.15, 0.2) is 36.0 Å². The second-order valence-corrected chi connectivity index (χ2v) is 5.44. The predicted molar refractivity (Wildman–Crippen MR) is 84.6 cm³/mol. The quantitative estimate of drug-likeness (QED) is 0.567. The summed E-state index contributed by atoms with van der Waals surface area (Å²) >= 11 is 1.13. The van der Waals surface area contributed by atoms with Gasteiger partial charge in [0.25, 0.3) is 0 Å². The van der Waals surface area contributed by atoms with E-state index in [0.717, 1.165) is 16.9 Å². The Bertz CT molecular complexity index is 860. The molecule has 8 heteroatoms. The topological polar surface area (TPSA) is 100 Å². The molecule has 0 radical (unpaired) electrons. The van der Waals surface area contributed by atoms with Gasteiger partial charge in [0.1, 0.15) is 11.2 Å². The van der Waals surface area contributed by atoms with E-state index in [0.29, 0.717) is 21.6 Å². The van der Waals surface area contributed by atoms with Crippen LogP contribution in [0.4, 0.5) is 5.82 Å². The average molecular weight is 313 g/mol. The van der Waals surface area contributed by atoms with E-state index in [-0.39, 0.29) is 4.88 Å². The highest BCUT2D eigenvalue weighted by atomic mass is 32.1. The molecule has 7 nitrogen and oxygen atoms in total. The molecule has 0 bridgehead atoms. The molecule has 0 fully saturated rings. The van der Waals surface area contributed by atoms with Gasteiger partial charge >= 0.3 is 5.97 Å². The summed E-state index contributed by atoms with van der Waals surface area (Å²) in [6.45, 7) is 1.73. The summed E-state index contributed by atoms with van der Waals surface area (Å²) < 4.78 is 0.667. The summed E-state index contributed by atoms with van der Waals surface area (Å²) in [5.41, 5.74) is 4.92. The third kappa shape index (κ3) is 2.63. The number of nitrogens with one attached hydrogen (secondary N) is 1. The monoisotopic (exact) mass is 313 g/mol. The summed E-state index contributed by atoms with van der Waals surface area (Å²) in [6, 6.07) is 3.68. The molecule has 0 aliphatic rings. The van der Waals surface area contributed by atoms with Crippen LogP contribution >= 0.6 is 11.3 Å². The summed E-state index contributed by atoms with van der Waals surface area (Å²) in [7, 11) is 0. The van der Waals surface area contributed by atoms with Gasteiger partial charge in [0, 0.05) is 23.5 Å². The lowest BCUT2D eigenvalue weighted by molar-refractivity contribution is 0.0701. The number of thiophene rings is 1. The van der Waals surface area contributed by atoms with Gasteiger partial charge in [0.2, 0.25) is 0 Å². The lowest BCUT2D eigenvalue weighted by atomic mass is 10.2. The fourth-order valence-corrected chi connectivity index (χ4v) is 2.97. The lowest BCUT2D eigenvalue weighted by Gasteiger charge is -2.00. The highest BCUT2D eigenvalue weighted by Crippen LogP contribution is 2.33. The number of hydrogen-bond donors (Lipinski definition) is 2. The van der Waals surface area contributed by atoms with E-state index < -0.39 is 5.97 Å². The molecule has 0 atom stereocenters. The van der Waals surface area contributed by atoms with Crippen molar-refractivity contribution >= 4 is 39.6 Å². The molecule has 3 aromatic heterocycles. The van der Waals surface area contributed by atoms with Gasteiger partial charge in [-0.25, -0.2) is 14.8 Å². The van der Waals surface area contributed by atoms with Gasteiger partial charge in [-0.15, -0.1) is 11.3 Å². The first-order valence-electron chi connectivity index (χ1n) is 6.33. The smallest absolute Gasteiger partial charge is 0.346 e. The van der Waals surface area contributed by atoms with Crippen molar-refractivity contribution < 1.29 is 9.90 Å². The molecule has 0 unspecified atom stereocenters. The van der Waals surface area contributed by atoms with Crippen molar-refractivity contribution in [3.63, 3.8) is 0 Å². The molecule has 0 aliphatic carbocycles. The van der Waals surface area contributed by atoms with Crippen LogP contribution in [0, 0.1) is 6.92 Å². The molecule has 3 heterocycles. The molecule has 110 valence electrons. The van der Waals surface area contributed by atoms with E-state index in [4.69, 9.17) is 0 Å². The van der Waals surface area contributed by atoms with Crippen molar-refractivity contribution in [2.24, 2.45) is 5.10 Å². The van der Waals surface area contributed by atoms with Crippen LogP contribution in [0.1, 0.15) is 20.8 Å². The Morgan fingerprint density at radius 3 is 3.05 bits per heavy atom. The first-order valence-corrected chi connectivity index (χ1v) is 7.15. The van der Waals surface area contributed by atoms with E-state index in [1.54, 1.807) is 25.5 Å². The first kappa shape index (κ1) is 14.1. The molecule has 3 rings (SSSR count). The number of hydrogen-bond acceptors (Lipinski definition) is 7.